The molecule has 32 heavy (non-hydrogen) atoms. The number of carbonyl (C=O) groups excluding carboxylic acids is 1. The van der Waals surface area contributed by atoms with Gasteiger partial charge in [0.15, 0.2) is 0 Å². The molecule has 0 spiro atoms. The summed E-state index contributed by atoms with van der Waals surface area (Å²) < 4.78 is 11.8. The Morgan fingerprint density at radius 3 is 1.69 bits per heavy atom. The highest BCUT2D eigenvalue weighted by atomic mass is 16.7. The Morgan fingerprint density at radius 1 is 0.812 bits per heavy atom. The molecule has 6 nitrogen and oxygen atoms in total. The molecule has 0 rings (SSSR count). The molecule has 0 aliphatic carbocycles. The number of unbranched alkanes of at least 4 members (excludes halogenated alkanes) is 10. The number of rotatable bonds is 23. The van der Waals surface area contributed by atoms with E-state index in [1.54, 1.807) is 13.8 Å². The number of carbonyl (C=O) groups is 1. The van der Waals surface area contributed by atoms with E-state index in [0.29, 0.717) is 19.3 Å². The number of hydrogen-bond acceptors (Lipinski definition) is 5. The van der Waals surface area contributed by atoms with Crippen LogP contribution in [0.2, 0.25) is 0 Å². The number of nitrogens with two attached hydrogens (primary N) is 1. The van der Waals surface area contributed by atoms with Gasteiger partial charge in [-0.2, -0.15) is 0 Å². The Labute approximate surface area is 196 Å². The van der Waals surface area contributed by atoms with Gasteiger partial charge in [0.1, 0.15) is 0 Å². The molecular weight excluding hydrogens is 406 g/mol. The topological polar surface area (TPSA) is 102 Å². The van der Waals surface area contributed by atoms with Crippen molar-refractivity contribution in [1.29, 1.82) is 0 Å². The van der Waals surface area contributed by atoms with E-state index in [1.165, 1.54) is 44.9 Å². The number of ether oxygens (including phenoxy) is 2. The molecule has 6 heteroatoms. The SMILES string of the molecule is CCCCCCCCC=CCCCCCCC(OC(C)CCO)(OC(C)CCO)C(N)=O. The van der Waals surface area contributed by atoms with Crippen molar-refractivity contribution < 1.29 is 24.5 Å². The number of amides is 1. The summed E-state index contributed by atoms with van der Waals surface area (Å²) in [5, 5.41) is 18.3. The maximum absolute atomic E-state index is 12.3. The maximum Gasteiger partial charge on any atom is 0.277 e. The van der Waals surface area contributed by atoms with Crippen LogP contribution in [0.1, 0.15) is 117 Å². The van der Waals surface area contributed by atoms with Crippen LogP contribution < -0.4 is 5.73 Å². The highest BCUT2D eigenvalue weighted by Crippen LogP contribution is 2.27. The van der Waals surface area contributed by atoms with Crippen LogP contribution in [0.5, 0.6) is 0 Å². The van der Waals surface area contributed by atoms with Crippen LogP contribution in [-0.2, 0) is 14.3 Å². The van der Waals surface area contributed by atoms with Gasteiger partial charge in [-0.05, 0) is 58.8 Å². The van der Waals surface area contributed by atoms with Crippen LogP contribution in [0.4, 0.5) is 0 Å². The summed E-state index contributed by atoms with van der Waals surface area (Å²) in [7, 11) is 0. The van der Waals surface area contributed by atoms with E-state index in [4.69, 9.17) is 15.2 Å². The molecule has 0 fully saturated rings. The van der Waals surface area contributed by atoms with Crippen LogP contribution in [-0.4, -0.2) is 47.3 Å². The summed E-state index contributed by atoms with van der Waals surface area (Å²) in [4.78, 5) is 12.3. The number of aliphatic hydroxyl groups excluding tert-OH is 2. The van der Waals surface area contributed by atoms with Crippen molar-refractivity contribution in [3.8, 4) is 0 Å². The van der Waals surface area contributed by atoms with E-state index in [-0.39, 0.29) is 25.4 Å². The molecule has 0 aromatic heterocycles. The maximum atomic E-state index is 12.3. The number of hydrogen-bond donors (Lipinski definition) is 3. The second-order valence-corrected chi connectivity index (χ2v) is 8.98. The average molecular weight is 458 g/mol. The molecule has 0 saturated carbocycles. The minimum Gasteiger partial charge on any atom is -0.396 e. The second-order valence-electron chi connectivity index (χ2n) is 8.98. The zero-order valence-electron chi connectivity index (χ0n) is 21.0. The van der Waals surface area contributed by atoms with Crippen LogP contribution in [0.3, 0.4) is 0 Å². The summed E-state index contributed by atoms with van der Waals surface area (Å²) in [6, 6.07) is 0. The number of allylic oxidation sites excluding steroid dienone is 2. The van der Waals surface area contributed by atoms with Gasteiger partial charge in [0.05, 0.1) is 12.2 Å². The van der Waals surface area contributed by atoms with Crippen molar-refractivity contribution in [3.63, 3.8) is 0 Å². The van der Waals surface area contributed by atoms with Gasteiger partial charge in [0.25, 0.3) is 5.91 Å². The lowest BCUT2D eigenvalue weighted by molar-refractivity contribution is -0.264. The molecule has 0 aromatic carbocycles. The van der Waals surface area contributed by atoms with E-state index in [0.717, 1.165) is 32.1 Å². The van der Waals surface area contributed by atoms with Crippen molar-refractivity contribution in [3.05, 3.63) is 12.2 Å². The fraction of sp³-hybridized carbons (Fsp3) is 0.885. The van der Waals surface area contributed by atoms with Crippen molar-refractivity contribution in [2.75, 3.05) is 13.2 Å². The van der Waals surface area contributed by atoms with Gasteiger partial charge in [0, 0.05) is 19.6 Å². The zero-order chi connectivity index (χ0) is 24.1. The molecule has 0 aliphatic heterocycles. The summed E-state index contributed by atoms with van der Waals surface area (Å²) in [5.41, 5.74) is 5.69. The van der Waals surface area contributed by atoms with Gasteiger partial charge in [-0.3, -0.25) is 4.79 Å². The van der Waals surface area contributed by atoms with E-state index in [1.807, 2.05) is 0 Å². The van der Waals surface area contributed by atoms with E-state index >= 15 is 0 Å². The van der Waals surface area contributed by atoms with Crippen LogP contribution in [0.15, 0.2) is 12.2 Å². The van der Waals surface area contributed by atoms with Gasteiger partial charge >= 0.3 is 0 Å². The molecule has 2 unspecified atom stereocenters. The Balaban J connectivity index is 4.29. The van der Waals surface area contributed by atoms with Gasteiger partial charge in [-0.25, -0.2) is 0 Å². The van der Waals surface area contributed by atoms with Gasteiger partial charge in [-0.15, -0.1) is 0 Å². The quantitative estimate of drug-likeness (QED) is 0.108. The Morgan fingerprint density at radius 2 is 1.25 bits per heavy atom. The first-order valence-electron chi connectivity index (χ1n) is 12.9. The lowest BCUT2D eigenvalue weighted by Gasteiger charge is -2.35. The molecule has 190 valence electrons. The van der Waals surface area contributed by atoms with Gasteiger partial charge in [0.2, 0.25) is 5.79 Å². The smallest absolute Gasteiger partial charge is 0.277 e. The van der Waals surface area contributed by atoms with E-state index < -0.39 is 11.7 Å². The molecule has 4 N–H and O–H groups in total. The third-order valence-electron chi connectivity index (χ3n) is 5.75. The summed E-state index contributed by atoms with van der Waals surface area (Å²) in [6.07, 6.45) is 19.3. The summed E-state index contributed by atoms with van der Waals surface area (Å²) >= 11 is 0. The molecule has 0 heterocycles. The minimum absolute atomic E-state index is 0.0332. The Hall–Kier alpha value is -0.950. The average Bonchev–Trinajstić information content (AvgIpc) is 2.74. The lowest BCUT2D eigenvalue weighted by Crippen LogP contribution is -2.52. The Kier molecular flexibility index (Phi) is 20.0. The standard InChI is InChI=1S/C26H51NO5/c1-4-5-6-7-8-9-10-11-12-13-14-15-16-17-20-26(25(27)30,31-23(2)18-21-28)32-24(3)19-22-29/h11-12,23-24,28-29H,4-10,13-22H2,1-3H3,(H2,27,30). The molecule has 0 bridgehead atoms. The molecule has 0 aromatic rings. The molecular formula is C26H51NO5. The first-order chi connectivity index (χ1) is 15.4. The van der Waals surface area contributed by atoms with Crippen LogP contribution in [0, 0.1) is 0 Å². The molecule has 0 radical (unpaired) electrons. The largest absolute Gasteiger partial charge is 0.396 e. The van der Waals surface area contributed by atoms with Crippen molar-refractivity contribution >= 4 is 5.91 Å². The van der Waals surface area contributed by atoms with Gasteiger partial charge in [-0.1, -0.05) is 64.0 Å². The second kappa shape index (κ2) is 20.6. The summed E-state index contributed by atoms with van der Waals surface area (Å²) in [5.74, 6) is -2.16. The third kappa shape index (κ3) is 15.8. The van der Waals surface area contributed by atoms with Crippen LogP contribution in [0.25, 0.3) is 0 Å². The fourth-order valence-corrected chi connectivity index (χ4v) is 3.77. The van der Waals surface area contributed by atoms with Crippen molar-refractivity contribution in [1.82, 2.24) is 0 Å². The Bertz CT molecular complexity index is 455. The molecule has 0 saturated heterocycles. The third-order valence-corrected chi connectivity index (χ3v) is 5.75. The number of aliphatic hydroxyl groups is 2. The van der Waals surface area contributed by atoms with E-state index in [9.17, 15) is 15.0 Å². The number of primary amides is 1. The summed E-state index contributed by atoms with van der Waals surface area (Å²) in [6.45, 7) is 5.78. The predicted molar refractivity (Wildman–Crippen MR) is 131 cm³/mol. The van der Waals surface area contributed by atoms with Crippen molar-refractivity contribution in [2.24, 2.45) is 5.73 Å². The van der Waals surface area contributed by atoms with E-state index in [2.05, 4.69) is 19.1 Å². The lowest BCUT2D eigenvalue weighted by atomic mass is 10.0. The van der Waals surface area contributed by atoms with Crippen LogP contribution >= 0.6 is 0 Å². The monoisotopic (exact) mass is 457 g/mol. The molecule has 2 atom stereocenters. The molecule has 1 amide bonds. The minimum atomic E-state index is -1.51. The fourth-order valence-electron chi connectivity index (χ4n) is 3.77. The zero-order valence-corrected chi connectivity index (χ0v) is 21.0. The highest BCUT2D eigenvalue weighted by Gasteiger charge is 2.41. The first kappa shape index (κ1) is 31.0. The first-order valence-corrected chi connectivity index (χ1v) is 12.9. The predicted octanol–water partition coefficient (Wildman–Crippen LogP) is 5.39. The van der Waals surface area contributed by atoms with Gasteiger partial charge < -0.3 is 25.4 Å². The normalized spacial score (nSPS) is 15.7. The highest BCUT2D eigenvalue weighted by molar-refractivity contribution is 5.81. The van der Waals surface area contributed by atoms with Crippen molar-refractivity contribution in [2.45, 2.75) is 135 Å². The molecule has 0 aliphatic rings.